The number of para-hydroxylation sites is 2. The lowest BCUT2D eigenvalue weighted by Crippen LogP contribution is -2.07. The zero-order valence-corrected chi connectivity index (χ0v) is 22.0. The fourth-order valence-electron chi connectivity index (χ4n) is 4.05. The minimum absolute atomic E-state index is 0.876. The van der Waals surface area contributed by atoms with E-state index in [0.29, 0.717) is 0 Å². The van der Waals surface area contributed by atoms with Gasteiger partial charge in [-0.2, -0.15) is 0 Å². The topological polar surface area (TPSA) is 61.4 Å². The molecule has 0 bridgehead atoms. The number of aryl methyl sites for hydroxylation is 4. The van der Waals surface area contributed by atoms with Crippen LogP contribution in [0, 0.1) is 13.8 Å². The van der Waals surface area contributed by atoms with E-state index in [1.54, 1.807) is 23.5 Å². The molecule has 4 rings (SSSR count). The van der Waals surface area contributed by atoms with Crippen molar-refractivity contribution in [3.05, 3.63) is 71.3 Å². The molecule has 2 aromatic heterocycles. The van der Waals surface area contributed by atoms with Crippen LogP contribution in [-0.4, -0.2) is 41.0 Å². The summed E-state index contributed by atoms with van der Waals surface area (Å²) in [6.07, 6.45) is 3.77. The number of hydrogen-bond acceptors (Lipinski definition) is 6. The van der Waals surface area contributed by atoms with Gasteiger partial charge in [0.2, 0.25) is 0 Å². The molecule has 0 saturated carbocycles. The van der Waals surface area contributed by atoms with Gasteiger partial charge in [0.25, 0.3) is 0 Å². The molecule has 0 saturated heterocycles. The van der Waals surface area contributed by atoms with Crippen LogP contribution in [0.5, 0.6) is 0 Å². The van der Waals surface area contributed by atoms with Crippen molar-refractivity contribution in [3.8, 4) is 11.4 Å². The van der Waals surface area contributed by atoms with Gasteiger partial charge in [0.05, 0.1) is 11.4 Å². The van der Waals surface area contributed by atoms with Crippen molar-refractivity contribution in [1.82, 2.24) is 29.5 Å². The summed E-state index contributed by atoms with van der Waals surface area (Å²) in [7, 11) is 0. The van der Waals surface area contributed by atoms with E-state index in [-0.39, 0.29) is 0 Å². The predicted octanol–water partition coefficient (Wildman–Crippen LogP) is 6.25. The van der Waals surface area contributed by atoms with Crippen LogP contribution < -0.4 is 0 Å². The smallest absolute Gasteiger partial charge is 0.195 e. The average molecular weight is 493 g/mol. The molecular formula is C26H32N6S2. The maximum Gasteiger partial charge on any atom is 0.195 e. The number of unbranched alkanes of at least 4 members (excludes halogenated alkanes) is 1. The van der Waals surface area contributed by atoms with Crippen LogP contribution in [0.3, 0.4) is 0 Å². The number of aromatic nitrogens is 6. The highest BCUT2D eigenvalue weighted by atomic mass is 32.2. The standard InChI is InChI=1S/C26H32N6S2/c1-5-33-25-29-27-23(31(25)21-15-9-7-13-19(21)3)17-11-12-18-24-28-30-26(34-6-2)32(24)22-16-10-8-14-20(22)4/h7-10,13-16H,5-6,11-12,17-18H2,1-4H3. The molecule has 8 heteroatoms. The van der Waals surface area contributed by atoms with Crippen molar-refractivity contribution in [3.63, 3.8) is 0 Å². The van der Waals surface area contributed by atoms with Gasteiger partial charge in [-0.15, -0.1) is 20.4 Å². The third-order valence-electron chi connectivity index (χ3n) is 5.71. The third kappa shape index (κ3) is 5.39. The average Bonchev–Trinajstić information content (AvgIpc) is 3.42. The van der Waals surface area contributed by atoms with E-state index in [2.05, 4.69) is 106 Å². The van der Waals surface area contributed by atoms with E-state index < -0.39 is 0 Å². The molecule has 0 aliphatic carbocycles. The number of hydrogen-bond donors (Lipinski definition) is 0. The highest BCUT2D eigenvalue weighted by molar-refractivity contribution is 7.99. The first kappa shape index (κ1) is 24.5. The summed E-state index contributed by atoms with van der Waals surface area (Å²) < 4.78 is 4.46. The highest BCUT2D eigenvalue weighted by Gasteiger charge is 2.17. The second kappa shape index (κ2) is 11.7. The Labute approximate surface area is 210 Å². The normalized spacial score (nSPS) is 11.3. The Balaban J connectivity index is 1.50. The number of rotatable bonds is 11. The molecule has 0 aliphatic heterocycles. The molecule has 2 aromatic carbocycles. The molecule has 178 valence electrons. The lowest BCUT2D eigenvalue weighted by atomic mass is 10.1. The molecule has 0 spiro atoms. The molecule has 0 fully saturated rings. The summed E-state index contributed by atoms with van der Waals surface area (Å²) in [4.78, 5) is 0. The molecular weight excluding hydrogens is 460 g/mol. The van der Waals surface area contributed by atoms with Crippen molar-refractivity contribution in [2.24, 2.45) is 0 Å². The minimum Gasteiger partial charge on any atom is -0.274 e. The molecule has 0 radical (unpaired) electrons. The Morgan fingerprint density at radius 1 is 0.618 bits per heavy atom. The van der Waals surface area contributed by atoms with Crippen LogP contribution in [0.25, 0.3) is 11.4 Å². The van der Waals surface area contributed by atoms with Gasteiger partial charge in [0.15, 0.2) is 10.3 Å². The Bertz CT molecular complexity index is 1130. The molecule has 0 atom stereocenters. The first-order chi connectivity index (χ1) is 16.6. The van der Waals surface area contributed by atoms with E-state index >= 15 is 0 Å². The van der Waals surface area contributed by atoms with Crippen molar-refractivity contribution in [2.75, 3.05) is 11.5 Å². The van der Waals surface area contributed by atoms with Gasteiger partial charge < -0.3 is 0 Å². The van der Waals surface area contributed by atoms with Gasteiger partial charge in [-0.3, -0.25) is 9.13 Å². The second-order valence-corrected chi connectivity index (χ2v) is 10.6. The third-order valence-corrected chi connectivity index (χ3v) is 7.33. The molecule has 2 heterocycles. The lowest BCUT2D eigenvalue weighted by molar-refractivity contribution is 0.663. The molecule has 0 amide bonds. The van der Waals surface area contributed by atoms with Crippen molar-refractivity contribution in [2.45, 2.75) is 63.7 Å². The van der Waals surface area contributed by atoms with Crippen molar-refractivity contribution >= 4 is 23.5 Å². The van der Waals surface area contributed by atoms with Gasteiger partial charge in [-0.1, -0.05) is 73.8 Å². The number of thioether (sulfide) groups is 2. The van der Waals surface area contributed by atoms with Crippen molar-refractivity contribution < 1.29 is 0 Å². The first-order valence-corrected chi connectivity index (χ1v) is 13.9. The van der Waals surface area contributed by atoms with E-state index in [1.165, 1.54) is 22.5 Å². The fourth-order valence-corrected chi connectivity index (χ4v) is 5.43. The SMILES string of the molecule is CCSc1nnc(CCCCc2nnc(SCC)n2-c2ccccc2C)n1-c1ccccc1C. The highest BCUT2D eigenvalue weighted by Crippen LogP contribution is 2.26. The van der Waals surface area contributed by atoms with Gasteiger partial charge in [-0.25, -0.2) is 0 Å². The van der Waals surface area contributed by atoms with Crippen LogP contribution in [-0.2, 0) is 12.8 Å². The molecule has 6 nitrogen and oxygen atoms in total. The van der Waals surface area contributed by atoms with Crippen LogP contribution in [0.4, 0.5) is 0 Å². The minimum atomic E-state index is 0.876. The Morgan fingerprint density at radius 2 is 1.03 bits per heavy atom. The maximum atomic E-state index is 4.56. The molecule has 34 heavy (non-hydrogen) atoms. The Hall–Kier alpha value is -2.58. The summed E-state index contributed by atoms with van der Waals surface area (Å²) in [5.41, 5.74) is 4.79. The van der Waals surface area contributed by atoms with Crippen molar-refractivity contribution in [1.29, 1.82) is 0 Å². The van der Waals surface area contributed by atoms with E-state index in [0.717, 1.165) is 59.2 Å². The first-order valence-electron chi connectivity index (χ1n) is 11.9. The number of benzene rings is 2. The maximum absolute atomic E-state index is 4.56. The zero-order valence-electron chi connectivity index (χ0n) is 20.4. The monoisotopic (exact) mass is 492 g/mol. The summed E-state index contributed by atoms with van der Waals surface area (Å²) >= 11 is 3.47. The zero-order chi connectivity index (χ0) is 23.9. The Kier molecular flexibility index (Phi) is 8.45. The summed E-state index contributed by atoms with van der Waals surface area (Å²) in [6.45, 7) is 8.58. The van der Waals surface area contributed by atoms with Crippen LogP contribution in [0.2, 0.25) is 0 Å². The summed E-state index contributed by atoms with van der Waals surface area (Å²) in [5, 5.41) is 20.0. The van der Waals surface area contributed by atoms with Gasteiger partial charge in [-0.05, 0) is 61.5 Å². The van der Waals surface area contributed by atoms with Crippen LogP contribution >= 0.6 is 23.5 Å². The van der Waals surface area contributed by atoms with Crippen LogP contribution in [0.15, 0.2) is 58.8 Å². The predicted molar refractivity (Wildman–Crippen MR) is 142 cm³/mol. The molecule has 0 unspecified atom stereocenters. The van der Waals surface area contributed by atoms with E-state index in [1.807, 2.05) is 0 Å². The largest absolute Gasteiger partial charge is 0.274 e. The lowest BCUT2D eigenvalue weighted by Gasteiger charge is -2.13. The van der Waals surface area contributed by atoms with Crippen LogP contribution in [0.1, 0.15) is 49.5 Å². The van der Waals surface area contributed by atoms with E-state index in [4.69, 9.17) is 0 Å². The Morgan fingerprint density at radius 3 is 1.41 bits per heavy atom. The molecule has 0 aliphatic rings. The second-order valence-electron chi connectivity index (χ2n) is 8.11. The van der Waals surface area contributed by atoms with E-state index in [9.17, 15) is 0 Å². The quantitative estimate of drug-likeness (QED) is 0.182. The van der Waals surface area contributed by atoms with Gasteiger partial charge in [0, 0.05) is 12.8 Å². The summed E-state index contributed by atoms with van der Waals surface area (Å²) in [6, 6.07) is 16.9. The van der Waals surface area contributed by atoms with Gasteiger partial charge >= 0.3 is 0 Å². The summed E-state index contributed by atoms with van der Waals surface area (Å²) in [5.74, 6) is 3.98. The van der Waals surface area contributed by atoms with Gasteiger partial charge in [0.1, 0.15) is 11.6 Å². The number of nitrogens with zero attached hydrogens (tertiary/aromatic N) is 6. The molecule has 4 aromatic rings. The molecule has 0 N–H and O–H groups in total. The fraction of sp³-hybridized carbons (Fsp3) is 0.385.